The van der Waals surface area contributed by atoms with Gasteiger partial charge >= 0.3 is 0 Å². The Morgan fingerprint density at radius 1 is 0.962 bits per heavy atom. The fraction of sp³-hybridized carbons (Fsp3) is 0.182. The van der Waals surface area contributed by atoms with Gasteiger partial charge in [-0.1, -0.05) is 66.7 Å². The number of carbonyl (C=O) groups excluding carboxylic acids is 1. The fourth-order valence-electron chi connectivity index (χ4n) is 4.37. The molecule has 0 N–H and O–H groups in total. The molecule has 1 fully saturated rings. The number of rotatable bonds is 2. The van der Waals surface area contributed by atoms with Crippen molar-refractivity contribution in [3.63, 3.8) is 0 Å². The van der Waals surface area contributed by atoms with Crippen LogP contribution in [0.4, 0.5) is 5.82 Å². The molecule has 1 amide bonds. The number of fused-ring (bicyclic) bond motifs is 3. The number of hydrogen-bond acceptors (Lipinski definition) is 3. The van der Waals surface area contributed by atoms with Gasteiger partial charge in [0.2, 0.25) is 5.91 Å². The van der Waals surface area contributed by atoms with Crippen molar-refractivity contribution in [3.05, 3.63) is 95.7 Å². The summed E-state index contributed by atoms with van der Waals surface area (Å²) >= 11 is 0. The average molecular weight is 342 g/mol. The smallest absolute Gasteiger partial charge is 0.227 e. The molecule has 1 saturated heterocycles. The third-order valence-corrected chi connectivity index (χ3v) is 5.41. The monoisotopic (exact) mass is 342 g/mol. The van der Waals surface area contributed by atoms with Crippen LogP contribution in [0.5, 0.6) is 0 Å². The number of nitrogens with zero attached hydrogens (tertiary/aromatic N) is 2. The number of ether oxygens (including phenoxy) is 1. The average Bonchev–Trinajstić information content (AvgIpc) is 2.93. The zero-order valence-electron chi connectivity index (χ0n) is 14.4. The normalized spacial score (nSPS) is 22.3. The summed E-state index contributed by atoms with van der Waals surface area (Å²) in [6.07, 6.45) is 1.41. The first-order valence-corrected chi connectivity index (χ1v) is 8.77. The summed E-state index contributed by atoms with van der Waals surface area (Å²) in [7, 11) is 0. The van der Waals surface area contributed by atoms with Gasteiger partial charge in [0.1, 0.15) is 11.4 Å². The fourth-order valence-corrected chi connectivity index (χ4v) is 4.37. The van der Waals surface area contributed by atoms with Crippen molar-refractivity contribution >= 4 is 11.7 Å². The summed E-state index contributed by atoms with van der Waals surface area (Å²) in [6, 6.07) is 24.5. The molecule has 0 saturated carbocycles. The van der Waals surface area contributed by atoms with Crippen molar-refractivity contribution in [1.82, 2.24) is 4.98 Å². The van der Waals surface area contributed by atoms with Crippen molar-refractivity contribution in [2.75, 3.05) is 4.90 Å². The Kier molecular flexibility index (Phi) is 3.24. The molecule has 26 heavy (non-hydrogen) atoms. The van der Waals surface area contributed by atoms with Gasteiger partial charge in [-0.2, -0.15) is 0 Å². The van der Waals surface area contributed by atoms with Crippen molar-refractivity contribution in [2.45, 2.75) is 24.7 Å². The number of aromatic nitrogens is 1. The number of pyridine rings is 1. The first-order valence-electron chi connectivity index (χ1n) is 8.77. The van der Waals surface area contributed by atoms with E-state index in [1.807, 2.05) is 42.5 Å². The second kappa shape index (κ2) is 5.51. The highest BCUT2D eigenvalue weighted by molar-refractivity contribution is 5.94. The van der Waals surface area contributed by atoms with Crippen molar-refractivity contribution in [2.24, 2.45) is 0 Å². The standard InChI is InChI=1S/C22H18N2O2/c1-15(25)24-20-18(13-8-14-23-20)19-21(24)26-22(19,16-9-4-2-5-10-16)17-11-6-3-7-12-17/h2-14,19,21H,1H3. The summed E-state index contributed by atoms with van der Waals surface area (Å²) < 4.78 is 6.54. The van der Waals surface area contributed by atoms with Gasteiger partial charge < -0.3 is 4.74 Å². The summed E-state index contributed by atoms with van der Waals surface area (Å²) in [5.74, 6) is 0.677. The topological polar surface area (TPSA) is 42.4 Å². The lowest BCUT2D eigenvalue weighted by Gasteiger charge is -2.54. The van der Waals surface area contributed by atoms with Gasteiger partial charge in [0, 0.05) is 18.7 Å². The Hall–Kier alpha value is -2.98. The molecule has 4 heteroatoms. The Labute approximate surface area is 152 Å². The molecule has 0 spiro atoms. The first-order chi connectivity index (χ1) is 12.7. The minimum atomic E-state index is -0.616. The zero-order chi connectivity index (χ0) is 17.7. The van der Waals surface area contributed by atoms with Crippen LogP contribution in [0.3, 0.4) is 0 Å². The van der Waals surface area contributed by atoms with Gasteiger partial charge in [-0.15, -0.1) is 0 Å². The predicted octanol–water partition coefficient (Wildman–Crippen LogP) is 3.83. The van der Waals surface area contributed by atoms with Crippen LogP contribution in [-0.2, 0) is 15.1 Å². The molecule has 2 aliphatic heterocycles. The maximum absolute atomic E-state index is 12.3. The molecular weight excluding hydrogens is 324 g/mol. The summed E-state index contributed by atoms with van der Waals surface area (Å²) in [6.45, 7) is 1.56. The third-order valence-electron chi connectivity index (χ3n) is 5.41. The van der Waals surface area contributed by atoms with E-state index in [1.54, 1.807) is 18.0 Å². The number of benzene rings is 2. The van der Waals surface area contributed by atoms with Crippen LogP contribution >= 0.6 is 0 Å². The molecule has 0 radical (unpaired) electrons. The molecular formula is C22H18N2O2. The molecule has 0 bridgehead atoms. The zero-order valence-corrected chi connectivity index (χ0v) is 14.4. The van der Waals surface area contributed by atoms with E-state index < -0.39 is 5.60 Å². The Bertz CT molecular complexity index is 932. The molecule has 2 unspecified atom stereocenters. The van der Waals surface area contributed by atoms with Gasteiger partial charge in [-0.25, -0.2) is 4.98 Å². The molecule has 0 aliphatic carbocycles. The molecule has 128 valence electrons. The summed E-state index contributed by atoms with van der Waals surface area (Å²) in [4.78, 5) is 18.5. The molecule has 5 rings (SSSR count). The van der Waals surface area contributed by atoms with E-state index in [1.165, 1.54) is 0 Å². The Morgan fingerprint density at radius 3 is 2.15 bits per heavy atom. The van der Waals surface area contributed by atoms with E-state index in [2.05, 4.69) is 35.3 Å². The van der Waals surface area contributed by atoms with Crippen LogP contribution in [0.15, 0.2) is 79.0 Å². The highest BCUT2D eigenvalue weighted by atomic mass is 16.6. The third kappa shape index (κ3) is 1.88. The number of hydrogen-bond donors (Lipinski definition) is 0. The SMILES string of the molecule is CC(=O)N1c2ncccc2C2C1OC2(c1ccccc1)c1ccccc1. The van der Waals surface area contributed by atoms with Gasteiger partial charge in [0.25, 0.3) is 0 Å². The molecule has 3 aromatic rings. The highest BCUT2D eigenvalue weighted by Gasteiger charge is 2.65. The van der Waals surface area contributed by atoms with Gasteiger partial charge in [-0.3, -0.25) is 9.69 Å². The van der Waals surface area contributed by atoms with Gasteiger partial charge in [0.15, 0.2) is 6.23 Å². The summed E-state index contributed by atoms with van der Waals surface area (Å²) in [5.41, 5.74) is 2.63. The lowest BCUT2D eigenvalue weighted by molar-refractivity contribution is -0.205. The number of anilines is 1. The van der Waals surface area contributed by atoms with Crippen LogP contribution in [0.1, 0.15) is 29.5 Å². The van der Waals surface area contributed by atoms with E-state index in [9.17, 15) is 4.79 Å². The largest absolute Gasteiger partial charge is 0.340 e. The van der Waals surface area contributed by atoms with E-state index in [0.29, 0.717) is 5.82 Å². The predicted molar refractivity (Wildman–Crippen MR) is 98.7 cm³/mol. The quantitative estimate of drug-likeness (QED) is 0.711. The lowest BCUT2D eigenvalue weighted by atomic mass is 9.69. The van der Waals surface area contributed by atoms with E-state index in [-0.39, 0.29) is 18.1 Å². The van der Waals surface area contributed by atoms with Crippen molar-refractivity contribution in [1.29, 1.82) is 0 Å². The van der Waals surface area contributed by atoms with Gasteiger partial charge in [0.05, 0.1) is 5.92 Å². The Balaban J connectivity index is 1.74. The molecule has 2 aromatic carbocycles. The van der Waals surface area contributed by atoms with Crippen LogP contribution in [0.2, 0.25) is 0 Å². The minimum Gasteiger partial charge on any atom is -0.340 e. The van der Waals surface area contributed by atoms with Crippen LogP contribution in [0, 0.1) is 0 Å². The molecule has 1 aromatic heterocycles. The first kappa shape index (κ1) is 15.3. The van der Waals surface area contributed by atoms with Crippen LogP contribution in [-0.4, -0.2) is 17.1 Å². The van der Waals surface area contributed by atoms with E-state index in [0.717, 1.165) is 16.7 Å². The van der Waals surface area contributed by atoms with Crippen molar-refractivity contribution in [3.8, 4) is 0 Å². The van der Waals surface area contributed by atoms with Gasteiger partial charge in [-0.05, 0) is 17.2 Å². The van der Waals surface area contributed by atoms with E-state index in [4.69, 9.17) is 4.74 Å². The second-order valence-electron chi connectivity index (χ2n) is 6.76. The molecule has 4 nitrogen and oxygen atoms in total. The highest BCUT2D eigenvalue weighted by Crippen LogP contribution is 2.62. The van der Waals surface area contributed by atoms with E-state index >= 15 is 0 Å². The molecule has 2 aliphatic rings. The maximum atomic E-state index is 12.3. The Morgan fingerprint density at radius 2 is 1.58 bits per heavy atom. The number of carbonyl (C=O) groups is 1. The molecule has 2 atom stereocenters. The summed E-state index contributed by atoms with van der Waals surface area (Å²) in [5, 5.41) is 0. The minimum absolute atomic E-state index is 0.0138. The van der Waals surface area contributed by atoms with Crippen LogP contribution in [0.25, 0.3) is 0 Å². The molecule has 3 heterocycles. The second-order valence-corrected chi connectivity index (χ2v) is 6.76. The lowest BCUT2D eigenvalue weighted by Crippen LogP contribution is -2.60. The van der Waals surface area contributed by atoms with Crippen LogP contribution < -0.4 is 4.90 Å². The van der Waals surface area contributed by atoms with Crippen molar-refractivity contribution < 1.29 is 9.53 Å². The maximum Gasteiger partial charge on any atom is 0.227 e. The number of amides is 1.